The monoisotopic (exact) mass is 447 g/mol. The number of nitrogens with two attached hydrogens (primary N) is 3. The van der Waals surface area contributed by atoms with Gasteiger partial charge in [0.15, 0.2) is 5.96 Å². The van der Waals surface area contributed by atoms with Crippen molar-refractivity contribution in [3.8, 4) is 0 Å². The number of amides is 3. The fourth-order valence-electron chi connectivity index (χ4n) is 2.35. The number of rotatable bonds is 14. The van der Waals surface area contributed by atoms with Gasteiger partial charge in [0, 0.05) is 12.3 Å². The number of hydrogen-bond donors (Lipinski definition) is 8. The third kappa shape index (κ3) is 12.1. The second-order valence-electron chi connectivity index (χ2n) is 7.10. The van der Waals surface area contributed by atoms with Gasteiger partial charge in [-0.1, -0.05) is 13.8 Å². The predicted octanol–water partition coefficient (Wildman–Crippen LogP) is -2.49. The highest BCUT2D eigenvalue weighted by Gasteiger charge is 2.24. The molecule has 0 aliphatic rings. The van der Waals surface area contributed by atoms with Crippen LogP contribution in [0.2, 0.25) is 0 Å². The minimum atomic E-state index is -1.15. The molecule has 172 valence electrons. The molecule has 0 aromatic carbocycles. The summed E-state index contributed by atoms with van der Waals surface area (Å²) in [7, 11) is 0. The standard InChI is InChI=1S/C17H33N7O5S/c1-9(2)6-11(16(28)29)23-13(25)7-22-15(27)12(8-30)24-14(26)10(18)4-3-5-21-17(19)20/h9-12,30H,3-8,18H2,1-2H3,(H,22,27)(H,23,25)(H,24,26)(H,28,29)(H4,19,20,21). The van der Waals surface area contributed by atoms with Crippen molar-refractivity contribution in [3.63, 3.8) is 0 Å². The number of guanidine groups is 1. The van der Waals surface area contributed by atoms with Crippen LogP contribution in [-0.4, -0.2) is 71.7 Å². The van der Waals surface area contributed by atoms with Crippen LogP contribution < -0.4 is 33.2 Å². The minimum absolute atomic E-state index is 0.0228. The Morgan fingerprint density at radius 2 is 1.70 bits per heavy atom. The van der Waals surface area contributed by atoms with Gasteiger partial charge in [-0.3, -0.25) is 19.4 Å². The first kappa shape index (κ1) is 27.5. The number of carbonyl (C=O) groups excluding carboxylic acids is 3. The van der Waals surface area contributed by atoms with E-state index in [1.807, 2.05) is 13.8 Å². The maximum Gasteiger partial charge on any atom is 0.326 e. The van der Waals surface area contributed by atoms with E-state index in [1.54, 1.807) is 0 Å². The van der Waals surface area contributed by atoms with Crippen LogP contribution in [-0.2, 0) is 19.2 Å². The molecule has 12 nitrogen and oxygen atoms in total. The molecule has 0 aliphatic carbocycles. The van der Waals surface area contributed by atoms with E-state index in [-0.39, 0.29) is 24.1 Å². The Kier molecular flexibility index (Phi) is 13.2. The van der Waals surface area contributed by atoms with Gasteiger partial charge < -0.3 is 38.3 Å². The minimum Gasteiger partial charge on any atom is -0.480 e. The lowest BCUT2D eigenvalue weighted by atomic mass is 10.0. The molecular formula is C17H33N7O5S. The number of aliphatic carboxylic acids is 1. The molecule has 13 heteroatoms. The van der Waals surface area contributed by atoms with Crippen LogP contribution in [0, 0.1) is 5.92 Å². The normalized spacial score (nSPS) is 13.6. The first-order valence-electron chi connectivity index (χ1n) is 9.50. The number of hydrogen-bond acceptors (Lipinski definition) is 7. The Morgan fingerprint density at radius 1 is 1.07 bits per heavy atom. The molecule has 0 saturated carbocycles. The van der Waals surface area contributed by atoms with Crippen molar-refractivity contribution >= 4 is 42.3 Å². The summed E-state index contributed by atoms with van der Waals surface area (Å²) in [6.45, 7) is 3.54. The zero-order chi connectivity index (χ0) is 23.3. The molecule has 30 heavy (non-hydrogen) atoms. The van der Waals surface area contributed by atoms with Crippen LogP contribution in [0.25, 0.3) is 0 Å². The summed E-state index contributed by atoms with van der Waals surface area (Å²) >= 11 is 4.03. The van der Waals surface area contributed by atoms with E-state index in [9.17, 15) is 19.2 Å². The second-order valence-corrected chi connectivity index (χ2v) is 7.47. The molecule has 0 aromatic heterocycles. The lowest BCUT2D eigenvalue weighted by Crippen LogP contribution is -2.54. The van der Waals surface area contributed by atoms with E-state index in [4.69, 9.17) is 22.3 Å². The maximum absolute atomic E-state index is 12.2. The smallest absolute Gasteiger partial charge is 0.326 e. The van der Waals surface area contributed by atoms with Crippen LogP contribution in [0.4, 0.5) is 0 Å². The largest absolute Gasteiger partial charge is 0.480 e. The molecule has 0 rings (SSSR count). The van der Waals surface area contributed by atoms with Crippen molar-refractivity contribution in [2.45, 2.75) is 51.2 Å². The Bertz CT molecular complexity index is 626. The molecule has 0 aromatic rings. The SMILES string of the molecule is CC(C)CC(NC(=O)CNC(=O)C(CS)NC(=O)C(N)CCCN=C(N)N)C(=O)O. The van der Waals surface area contributed by atoms with Gasteiger partial charge in [-0.05, 0) is 25.2 Å². The highest BCUT2D eigenvalue weighted by Crippen LogP contribution is 2.04. The summed E-state index contributed by atoms with van der Waals surface area (Å²) < 4.78 is 0. The van der Waals surface area contributed by atoms with Crippen LogP contribution in [0.3, 0.4) is 0 Å². The van der Waals surface area contributed by atoms with Gasteiger partial charge in [0.05, 0.1) is 12.6 Å². The third-order valence-electron chi connectivity index (χ3n) is 3.88. The quantitative estimate of drug-likeness (QED) is 0.0615. The van der Waals surface area contributed by atoms with E-state index in [0.29, 0.717) is 19.4 Å². The first-order chi connectivity index (χ1) is 14.0. The average molecular weight is 448 g/mol. The topological polar surface area (TPSA) is 215 Å². The van der Waals surface area contributed by atoms with Crippen LogP contribution in [0.15, 0.2) is 4.99 Å². The molecule has 0 radical (unpaired) electrons. The van der Waals surface area contributed by atoms with Crippen molar-refractivity contribution < 1.29 is 24.3 Å². The number of nitrogens with one attached hydrogen (secondary N) is 3. The fourth-order valence-corrected chi connectivity index (χ4v) is 2.61. The third-order valence-corrected chi connectivity index (χ3v) is 4.25. The zero-order valence-corrected chi connectivity index (χ0v) is 18.2. The summed E-state index contributed by atoms with van der Waals surface area (Å²) in [5.74, 6) is -3.02. The lowest BCUT2D eigenvalue weighted by Gasteiger charge is -2.20. The number of carbonyl (C=O) groups is 4. The van der Waals surface area contributed by atoms with Gasteiger partial charge in [-0.2, -0.15) is 12.6 Å². The Balaban J connectivity index is 4.52. The highest BCUT2D eigenvalue weighted by molar-refractivity contribution is 7.80. The molecule has 3 unspecified atom stereocenters. The molecule has 0 bridgehead atoms. The fraction of sp³-hybridized carbons (Fsp3) is 0.706. The molecule has 0 aliphatic heterocycles. The number of aliphatic imine (C=N–C) groups is 1. The second kappa shape index (κ2) is 14.4. The number of carboxylic acids is 1. The van der Waals surface area contributed by atoms with Crippen molar-refractivity contribution in [1.29, 1.82) is 0 Å². The highest BCUT2D eigenvalue weighted by atomic mass is 32.1. The van der Waals surface area contributed by atoms with Gasteiger partial charge in [-0.15, -0.1) is 0 Å². The summed E-state index contributed by atoms with van der Waals surface area (Å²) in [4.78, 5) is 51.2. The Morgan fingerprint density at radius 3 is 2.20 bits per heavy atom. The average Bonchev–Trinajstić information content (AvgIpc) is 2.65. The molecular weight excluding hydrogens is 414 g/mol. The summed E-state index contributed by atoms with van der Waals surface area (Å²) in [6.07, 6.45) is 1.04. The number of nitrogens with zero attached hydrogens (tertiary/aromatic N) is 1. The van der Waals surface area contributed by atoms with Crippen LogP contribution in [0.5, 0.6) is 0 Å². The number of thiol groups is 1. The van der Waals surface area contributed by atoms with E-state index >= 15 is 0 Å². The van der Waals surface area contributed by atoms with E-state index < -0.39 is 48.4 Å². The molecule has 0 fully saturated rings. The van der Waals surface area contributed by atoms with Gasteiger partial charge in [0.2, 0.25) is 17.7 Å². The molecule has 3 atom stereocenters. The van der Waals surface area contributed by atoms with Crippen molar-refractivity contribution in [2.24, 2.45) is 28.1 Å². The maximum atomic E-state index is 12.2. The summed E-state index contributed by atoms with van der Waals surface area (Å²) in [6, 6.07) is -2.93. The van der Waals surface area contributed by atoms with Crippen molar-refractivity contribution in [2.75, 3.05) is 18.8 Å². The van der Waals surface area contributed by atoms with Gasteiger partial charge in [0.1, 0.15) is 12.1 Å². The number of carboxylic acid groups (broad SMARTS) is 1. The van der Waals surface area contributed by atoms with E-state index in [1.165, 1.54) is 0 Å². The predicted molar refractivity (Wildman–Crippen MR) is 116 cm³/mol. The molecule has 0 saturated heterocycles. The molecule has 0 heterocycles. The Labute approximate surface area is 181 Å². The van der Waals surface area contributed by atoms with Gasteiger partial charge in [0.25, 0.3) is 0 Å². The van der Waals surface area contributed by atoms with Crippen LogP contribution in [0.1, 0.15) is 33.1 Å². The van der Waals surface area contributed by atoms with E-state index in [0.717, 1.165) is 0 Å². The van der Waals surface area contributed by atoms with E-state index in [2.05, 4.69) is 33.6 Å². The molecule has 10 N–H and O–H groups in total. The summed E-state index contributed by atoms with van der Waals surface area (Å²) in [5, 5.41) is 16.3. The van der Waals surface area contributed by atoms with Crippen molar-refractivity contribution in [3.05, 3.63) is 0 Å². The van der Waals surface area contributed by atoms with Gasteiger partial charge >= 0.3 is 5.97 Å². The lowest BCUT2D eigenvalue weighted by molar-refractivity contribution is -0.142. The molecule has 3 amide bonds. The van der Waals surface area contributed by atoms with Crippen molar-refractivity contribution in [1.82, 2.24) is 16.0 Å². The van der Waals surface area contributed by atoms with Crippen LogP contribution >= 0.6 is 12.6 Å². The Hall–Kier alpha value is -2.54. The molecule has 0 spiro atoms. The first-order valence-corrected chi connectivity index (χ1v) is 10.1. The zero-order valence-electron chi connectivity index (χ0n) is 17.3. The van der Waals surface area contributed by atoms with Gasteiger partial charge in [-0.25, -0.2) is 4.79 Å². The summed E-state index contributed by atoms with van der Waals surface area (Å²) in [5.41, 5.74) is 16.2.